The van der Waals surface area contributed by atoms with Gasteiger partial charge in [-0.05, 0) is 29.8 Å². The van der Waals surface area contributed by atoms with E-state index in [0.29, 0.717) is 16.4 Å². The summed E-state index contributed by atoms with van der Waals surface area (Å²) in [5.74, 6) is 0.533. The van der Waals surface area contributed by atoms with Gasteiger partial charge in [0.2, 0.25) is 0 Å². The summed E-state index contributed by atoms with van der Waals surface area (Å²) >= 11 is 1.55. The van der Waals surface area contributed by atoms with Crippen molar-refractivity contribution in [1.29, 1.82) is 0 Å². The molecule has 3 heterocycles. The highest BCUT2D eigenvalue weighted by molar-refractivity contribution is 7.15. The van der Waals surface area contributed by atoms with Gasteiger partial charge >= 0.3 is 0 Å². The number of aromatic amines is 1. The van der Waals surface area contributed by atoms with E-state index in [0.717, 1.165) is 43.1 Å². The van der Waals surface area contributed by atoms with Crippen LogP contribution in [0.2, 0.25) is 0 Å². The summed E-state index contributed by atoms with van der Waals surface area (Å²) in [5.41, 5.74) is 4.40. The number of methoxy groups -OCH3 is 1. The van der Waals surface area contributed by atoms with Crippen molar-refractivity contribution in [3.8, 4) is 17.0 Å². The molecule has 0 spiro atoms. The Kier molecular flexibility index (Phi) is 5.70. The molecular weight excluding hydrogens is 422 g/mol. The average Bonchev–Trinajstić information content (AvgIpc) is 3.46. The van der Waals surface area contributed by atoms with E-state index >= 15 is 0 Å². The molecule has 32 heavy (non-hydrogen) atoms. The van der Waals surface area contributed by atoms with Crippen LogP contribution in [0.4, 0.5) is 5.13 Å². The highest BCUT2D eigenvalue weighted by atomic mass is 32.1. The summed E-state index contributed by atoms with van der Waals surface area (Å²) in [6, 6.07) is 18.0. The number of nitrogens with zero attached hydrogens (tertiary/aromatic N) is 3. The van der Waals surface area contributed by atoms with Crippen LogP contribution in [0.25, 0.3) is 11.3 Å². The van der Waals surface area contributed by atoms with E-state index < -0.39 is 0 Å². The molecule has 0 fully saturated rings. The Hall–Kier alpha value is -3.49. The zero-order chi connectivity index (χ0) is 21.9. The van der Waals surface area contributed by atoms with Gasteiger partial charge in [-0.15, -0.1) is 11.3 Å². The molecule has 0 unspecified atom stereocenters. The second kappa shape index (κ2) is 8.94. The van der Waals surface area contributed by atoms with Gasteiger partial charge in [0.05, 0.1) is 30.3 Å². The number of rotatable bonds is 6. The van der Waals surface area contributed by atoms with Crippen molar-refractivity contribution in [2.45, 2.75) is 19.5 Å². The Morgan fingerprint density at radius 2 is 2.00 bits per heavy atom. The largest absolute Gasteiger partial charge is 0.497 e. The molecule has 2 aromatic heterocycles. The zero-order valence-electron chi connectivity index (χ0n) is 17.7. The fourth-order valence-electron chi connectivity index (χ4n) is 3.88. The molecule has 1 aliphatic heterocycles. The van der Waals surface area contributed by atoms with Crippen molar-refractivity contribution in [1.82, 2.24) is 20.1 Å². The Morgan fingerprint density at radius 3 is 2.78 bits per heavy atom. The van der Waals surface area contributed by atoms with Crippen molar-refractivity contribution in [3.63, 3.8) is 0 Å². The second-order valence-electron chi connectivity index (χ2n) is 7.68. The average molecular weight is 446 g/mol. The number of anilines is 1. The Balaban J connectivity index is 1.28. The molecule has 162 valence electrons. The number of aromatic nitrogens is 3. The van der Waals surface area contributed by atoms with E-state index in [2.05, 4.69) is 49.7 Å². The number of carbonyl (C=O) groups excluding carboxylic acids is 1. The molecule has 1 aliphatic rings. The lowest BCUT2D eigenvalue weighted by molar-refractivity contribution is 0.102. The number of carbonyl (C=O) groups is 1. The second-order valence-corrected chi connectivity index (χ2v) is 8.76. The van der Waals surface area contributed by atoms with Gasteiger partial charge in [0.15, 0.2) is 5.13 Å². The quantitative estimate of drug-likeness (QED) is 0.461. The molecule has 0 aliphatic carbocycles. The third-order valence-electron chi connectivity index (χ3n) is 5.54. The number of benzene rings is 2. The van der Waals surface area contributed by atoms with Gasteiger partial charge in [0, 0.05) is 36.5 Å². The Labute approximate surface area is 190 Å². The number of hydrogen-bond donors (Lipinski definition) is 2. The minimum absolute atomic E-state index is 0.225. The van der Waals surface area contributed by atoms with E-state index in [9.17, 15) is 4.79 Å². The minimum Gasteiger partial charge on any atom is -0.497 e. The van der Waals surface area contributed by atoms with Gasteiger partial charge in [-0.1, -0.05) is 30.3 Å². The number of thiazole rings is 1. The van der Waals surface area contributed by atoms with Crippen LogP contribution in [0, 0.1) is 0 Å². The number of amides is 1. The van der Waals surface area contributed by atoms with Crippen molar-refractivity contribution in [3.05, 3.63) is 82.5 Å². The molecule has 5 rings (SSSR count). The number of hydrogen-bond acceptors (Lipinski definition) is 6. The van der Waals surface area contributed by atoms with Crippen LogP contribution in [-0.2, 0) is 19.5 Å². The SMILES string of the molecule is COc1ccc(-c2[nH]ncc2C(=O)Nc2nc3c(s2)CN(Cc2ccccc2)CC3)cc1. The molecule has 0 saturated carbocycles. The van der Waals surface area contributed by atoms with Gasteiger partial charge in [-0.3, -0.25) is 20.1 Å². The van der Waals surface area contributed by atoms with Crippen LogP contribution in [0.3, 0.4) is 0 Å². The highest BCUT2D eigenvalue weighted by Crippen LogP contribution is 2.30. The third kappa shape index (κ3) is 4.28. The van der Waals surface area contributed by atoms with E-state index in [4.69, 9.17) is 4.74 Å². The van der Waals surface area contributed by atoms with Crippen molar-refractivity contribution < 1.29 is 9.53 Å². The lowest BCUT2D eigenvalue weighted by Crippen LogP contribution is -2.29. The van der Waals surface area contributed by atoms with Crippen molar-refractivity contribution in [2.24, 2.45) is 0 Å². The van der Waals surface area contributed by atoms with Gasteiger partial charge < -0.3 is 4.74 Å². The molecular formula is C24H23N5O2S. The van der Waals surface area contributed by atoms with Gasteiger partial charge in [-0.25, -0.2) is 4.98 Å². The van der Waals surface area contributed by atoms with E-state index in [1.807, 2.05) is 30.3 Å². The van der Waals surface area contributed by atoms with Crippen molar-refractivity contribution in [2.75, 3.05) is 19.0 Å². The monoisotopic (exact) mass is 445 g/mol. The topological polar surface area (TPSA) is 83.1 Å². The molecule has 0 bridgehead atoms. The van der Waals surface area contributed by atoms with Crippen LogP contribution in [-0.4, -0.2) is 39.6 Å². The van der Waals surface area contributed by atoms with Crippen LogP contribution in [0.5, 0.6) is 5.75 Å². The molecule has 7 nitrogen and oxygen atoms in total. The summed E-state index contributed by atoms with van der Waals surface area (Å²) in [6.45, 7) is 2.73. The summed E-state index contributed by atoms with van der Waals surface area (Å²) in [7, 11) is 1.62. The summed E-state index contributed by atoms with van der Waals surface area (Å²) < 4.78 is 5.21. The molecule has 2 aromatic carbocycles. The number of ether oxygens (including phenoxy) is 1. The van der Waals surface area contributed by atoms with Gasteiger partial charge in [0.25, 0.3) is 5.91 Å². The van der Waals surface area contributed by atoms with E-state index in [1.165, 1.54) is 10.4 Å². The maximum Gasteiger partial charge on any atom is 0.261 e. The summed E-state index contributed by atoms with van der Waals surface area (Å²) in [5, 5.41) is 10.6. The fraction of sp³-hybridized carbons (Fsp3) is 0.208. The molecule has 0 saturated heterocycles. The zero-order valence-corrected chi connectivity index (χ0v) is 18.5. The van der Waals surface area contributed by atoms with E-state index in [1.54, 1.807) is 24.6 Å². The molecule has 0 atom stereocenters. The first-order valence-electron chi connectivity index (χ1n) is 10.4. The summed E-state index contributed by atoms with van der Waals surface area (Å²) in [6.07, 6.45) is 2.43. The first-order chi connectivity index (χ1) is 15.7. The predicted molar refractivity (Wildman–Crippen MR) is 125 cm³/mol. The van der Waals surface area contributed by atoms with Crippen LogP contribution in [0.1, 0.15) is 26.5 Å². The third-order valence-corrected chi connectivity index (χ3v) is 6.54. The molecule has 4 aromatic rings. The maximum absolute atomic E-state index is 13.0. The molecule has 2 N–H and O–H groups in total. The number of H-pyrrole nitrogens is 1. The first-order valence-corrected chi connectivity index (χ1v) is 11.3. The Bertz CT molecular complexity index is 1220. The van der Waals surface area contributed by atoms with Gasteiger partial charge in [0.1, 0.15) is 5.75 Å². The van der Waals surface area contributed by atoms with Crippen LogP contribution < -0.4 is 10.1 Å². The predicted octanol–water partition coefficient (Wildman–Crippen LogP) is 4.35. The lowest BCUT2D eigenvalue weighted by atomic mass is 10.1. The first kappa shape index (κ1) is 20.4. The van der Waals surface area contributed by atoms with Crippen molar-refractivity contribution >= 4 is 22.4 Å². The number of fused-ring (bicyclic) bond motifs is 1. The van der Waals surface area contributed by atoms with E-state index in [-0.39, 0.29) is 5.91 Å². The normalized spacial score (nSPS) is 13.5. The highest BCUT2D eigenvalue weighted by Gasteiger charge is 2.23. The fourth-order valence-corrected chi connectivity index (χ4v) is 4.92. The van der Waals surface area contributed by atoms with Crippen LogP contribution >= 0.6 is 11.3 Å². The van der Waals surface area contributed by atoms with Crippen LogP contribution in [0.15, 0.2) is 60.8 Å². The molecule has 1 amide bonds. The minimum atomic E-state index is -0.225. The lowest BCUT2D eigenvalue weighted by Gasteiger charge is -2.25. The van der Waals surface area contributed by atoms with Gasteiger partial charge in [-0.2, -0.15) is 5.10 Å². The maximum atomic E-state index is 13.0. The molecule has 0 radical (unpaired) electrons. The number of nitrogens with one attached hydrogen (secondary N) is 2. The molecule has 8 heteroatoms. The summed E-state index contributed by atoms with van der Waals surface area (Å²) in [4.78, 5) is 21.3. The standard InChI is InChI=1S/C24H23N5O2S/c1-31-18-9-7-17(8-10-18)22-19(13-25-28-22)23(30)27-24-26-20-11-12-29(15-21(20)32-24)14-16-5-3-2-4-6-16/h2-10,13H,11-12,14-15H2,1H3,(H,25,28)(H,26,27,30). The Morgan fingerprint density at radius 1 is 1.19 bits per heavy atom. The smallest absolute Gasteiger partial charge is 0.261 e.